The monoisotopic (exact) mass is 193 g/mol. The first kappa shape index (κ1) is 11.6. The summed E-state index contributed by atoms with van der Waals surface area (Å²) in [6.07, 6.45) is 6.24. The van der Waals surface area contributed by atoms with Crippen LogP contribution in [0.25, 0.3) is 0 Å². The van der Waals surface area contributed by atoms with Gasteiger partial charge < -0.3 is 5.73 Å². The highest BCUT2D eigenvalue weighted by molar-refractivity contribution is 5.10. The van der Waals surface area contributed by atoms with Crippen molar-refractivity contribution in [2.24, 2.45) is 16.6 Å². The summed E-state index contributed by atoms with van der Waals surface area (Å²) in [5, 5.41) is 0. The minimum atomic E-state index is 0.133. The van der Waals surface area contributed by atoms with Crippen LogP contribution >= 0.6 is 0 Å². The average molecular weight is 193 g/mol. The topological polar surface area (TPSA) is 26.0 Å². The average Bonchev–Trinajstić information content (AvgIpc) is 2.52. The molecule has 14 heavy (non-hydrogen) atoms. The number of hydrogen-bond acceptors (Lipinski definition) is 1. The van der Waals surface area contributed by atoms with Crippen LogP contribution in [0.5, 0.6) is 0 Å². The van der Waals surface area contributed by atoms with Gasteiger partial charge in [-0.2, -0.15) is 0 Å². The van der Waals surface area contributed by atoms with E-state index in [9.17, 15) is 0 Å². The molecular weight excluding hydrogens is 170 g/mol. The Morgan fingerprint density at radius 3 is 2.21 bits per heavy atom. The smallest absolute Gasteiger partial charge is 0.0230 e. The summed E-state index contributed by atoms with van der Waals surface area (Å²) in [4.78, 5) is 0. The van der Waals surface area contributed by atoms with Gasteiger partial charge >= 0.3 is 0 Å². The van der Waals surface area contributed by atoms with E-state index in [1.165, 1.54) is 25.7 Å². The molecule has 0 saturated heterocycles. The Kier molecular flexibility index (Phi) is 3.61. The fourth-order valence-corrected chi connectivity index (χ4v) is 2.07. The standard InChI is InChI=1S/C13H23N/c1-12(2,3)7-6-10-13(11-14)8-4-5-9-13/h4-5,8-11,14H2,1-3H3. The van der Waals surface area contributed by atoms with Crippen molar-refractivity contribution in [2.45, 2.75) is 52.9 Å². The molecule has 1 saturated carbocycles. The van der Waals surface area contributed by atoms with E-state index in [2.05, 4.69) is 32.6 Å². The summed E-state index contributed by atoms with van der Waals surface area (Å²) in [7, 11) is 0. The van der Waals surface area contributed by atoms with Crippen molar-refractivity contribution in [2.75, 3.05) is 6.54 Å². The van der Waals surface area contributed by atoms with Crippen LogP contribution in [0.1, 0.15) is 52.9 Å². The van der Waals surface area contributed by atoms with Gasteiger partial charge in [0, 0.05) is 11.8 Å². The zero-order valence-corrected chi connectivity index (χ0v) is 9.82. The minimum absolute atomic E-state index is 0.133. The number of rotatable bonds is 2. The molecule has 0 bridgehead atoms. The Morgan fingerprint density at radius 2 is 1.79 bits per heavy atom. The molecule has 80 valence electrons. The van der Waals surface area contributed by atoms with Gasteiger partial charge in [-0.3, -0.25) is 0 Å². The Hall–Kier alpha value is -0.480. The van der Waals surface area contributed by atoms with Crippen molar-refractivity contribution < 1.29 is 0 Å². The van der Waals surface area contributed by atoms with Crippen molar-refractivity contribution in [3.05, 3.63) is 0 Å². The summed E-state index contributed by atoms with van der Waals surface area (Å²) in [5.74, 6) is 6.63. The van der Waals surface area contributed by atoms with E-state index in [0.29, 0.717) is 5.41 Å². The van der Waals surface area contributed by atoms with Gasteiger partial charge in [0.2, 0.25) is 0 Å². The molecule has 2 N–H and O–H groups in total. The van der Waals surface area contributed by atoms with Crippen LogP contribution in [-0.4, -0.2) is 6.54 Å². The van der Waals surface area contributed by atoms with Gasteiger partial charge in [0.25, 0.3) is 0 Å². The second-order valence-corrected chi connectivity index (χ2v) is 5.64. The molecular formula is C13H23N. The van der Waals surface area contributed by atoms with Crippen LogP contribution in [0.4, 0.5) is 0 Å². The first-order valence-corrected chi connectivity index (χ1v) is 5.68. The molecule has 0 radical (unpaired) electrons. The normalized spacial score (nSPS) is 20.3. The maximum atomic E-state index is 5.85. The summed E-state index contributed by atoms with van der Waals surface area (Å²) >= 11 is 0. The summed E-state index contributed by atoms with van der Waals surface area (Å²) in [6, 6.07) is 0. The molecule has 0 spiro atoms. The predicted molar refractivity (Wildman–Crippen MR) is 61.8 cm³/mol. The van der Waals surface area contributed by atoms with Gasteiger partial charge in [-0.15, -0.1) is 5.92 Å². The molecule has 1 rings (SSSR count). The van der Waals surface area contributed by atoms with Crippen LogP contribution in [0.2, 0.25) is 0 Å². The van der Waals surface area contributed by atoms with Crippen LogP contribution in [0.15, 0.2) is 0 Å². The van der Waals surface area contributed by atoms with Crippen molar-refractivity contribution in [3.63, 3.8) is 0 Å². The molecule has 0 atom stereocenters. The van der Waals surface area contributed by atoms with Gasteiger partial charge in [0.1, 0.15) is 0 Å². The summed E-state index contributed by atoms with van der Waals surface area (Å²) < 4.78 is 0. The lowest BCUT2D eigenvalue weighted by molar-refractivity contribution is 0.318. The second-order valence-electron chi connectivity index (χ2n) is 5.64. The van der Waals surface area contributed by atoms with Crippen LogP contribution in [0, 0.1) is 22.7 Å². The quantitative estimate of drug-likeness (QED) is 0.670. The van der Waals surface area contributed by atoms with Crippen molar-refractivity contribution in [1.29, 1.82) is 0 Å². The molecule has 1 nitrogen and oxygen atoms in total. The first-order chi connectivity index (χ1) is 6.47. The molecule has 1 fully saturated rings. The van der Waals surface area contributed by atoms with E-state index in [0.717, 1.165) is 13.0 Å². The lowest BCUT2D eigenvalue weighted by Gasteiger charge is -2.24. The molecule has 1 aliphatic rings. The zero-order chi connectivity index (χ0) is 10.7. The maximum Gasteiger partial charge on any atom is 0.0230 e. The highest BCUT2D eigenvalue weighted by Crippen LogP contribution is 2.39. The van der Waals surface area contributed by atoms with E-state index < -0.39 is 0 Å². The third-order valence-corrected chi connectivity index (χ3v) is 3.02. The first-order valence-electron chi connectivity index (χ1n) is 5.68. The fourth-order valence-electron chi connectivity index (χ4n) is 2.07. The van der Waals surface area contributed by atoms with Crippen LogP contribution < -0.4 is 5.73 Å². The van der Waals surface area contributed by atoms with Crippen molar-refractivity contribution in [1.82, 2.24) is 0 Å². The number of nitrogens with two attached hydrogens (primary N) is 1. The van der Waals surface area contributed by atoms with Gasteiger partial charge in [-0.05, 0) is 45.6 Å². The lowest BCUT2D eigenvalue weighted by Crippen LogP contribution is -2.26. The molecule has 0 aromatic carbocycles. The highest BCUT2D eigenvalue weighted by atomic mass is 14.6. The molecule has 0 aromatic rings. The Balaban J connectivity index is 2.52. The van der Waals surface area contributed by atoms with Crippen molar-refractivity contribution in [3.8, 4) is 11.8 Å². The van der Waals surface area contributed by atoms with Crippen LogP contribution in [-0.2, 0) is 0 Å². The van der Waals surface area contributed by atoms with Crippen molar-refractivity contribution >= 4 is 0 Å². The van der Waals surface area contributed by atoms with Gasteiger partial charge in [0.05, 0.1) is 0 Å². The van der Waals surface area contributed by atoms with Gasteiger partial charge in [-0.1, -0.05) is 18.8 Å². The molecule has 0 unspecified atom stereocenters. The van der Waals surface area contributed by atoms with Gasteiger partial charge in [-0.25, -0.2) is 0 Å². The third-order valence-electron chi connectivity index (χ3n) is 3.02. The van der Waals surface area contributed by atoms with Gasteiger partial charge in [0.15, 0.2) is 0 Å². The largest absolute Gasteiger partial charge is 0.330 e. The summed E-state index contributed by atoms with van der Waals surface area (Å²) in [5.41, 5.74) is 6.34. The minimum Gasteiger partial charge on any atom is -0.330 e. The fraction of sp³-hybridized carbons (Fsp3) is 0.846. The van der Waals surface area contributed by atoms with E-state index in [1.54, 1.807) is 0 Å². The molecule has 0 heterocycles. The second kappa shape index (κ2) is 4.36. The molecule has 1 aliphatic carbocycles. The highest BCUT2D eigenvalue weighted by Gasteiger charge is 2.31. The Labute approximate surface area is 88.5 Å². The maximum absolute atomic E-state index is 5.85. The van der Waals surface area contributed by atoms with E-state index in [-0.39, 0.29) is 5.41 Å². The Morgan fingerprint density at radius 1 is 1.21 bits per heavy atom. The van der Waals surface area contributed by atoms with E-state index in [1.807, 2.05) is 0 Å². The molecule has 0 aromatic heterocycles. The molecule has 0 amide bonds. The number of hydrogen-bond donors (Lipinski definition) is 1. The molecule has 0 aliphatic heterocycles. The Bertz CT molecular complexity index is 230. The lowest BCUT2D eigenvalue weighted by atomic mass is 9.82. The summed E-state index contributed by atoms with van der Waals surface area (Å²) in [6.45, 7) is 7.28. The SMILES string of the molecule is CC(C)(C)C#CCC1(CN)CCCC1. The van der Waals surface area contributed by atoms with Crippen LogP contribution in [0.3, 0.4) is 0 Å². The van der Waals surface area contributed by atoms with E-state index in [4.69, 9.17) is 5.73 Å². The molecule has 1 heteroatoms. The zero-order valence-electron chi connectivity index (χ0n) is 9.82. The third kappa shape index (κ3) is 3.35. The predicted octanol–water partition coefficient (Wildman–Crippen LogP) is 2.95. The van der Waals surface area contributed by atoms with E-state index >= 15 is 0 Å².